The van der Waals surface area contributed by atoms with Gasteiger partial charge in [0.25, 0.3) is 11.8 Å². The molecule has 5 rings (SSSR count). The number of hydrogen-bond acceptors (Lipinski definition) is 5. The van der Waals surface area contributed by atoms with Crippen LogP contribution in [0.1, 0.15) is 30.0 Å². The Morgan fingerprint density at radius 1 is 1.03 bits per heavy atom. The van der Waals surface area contributed by atoms with Crippen LogP contribution in [0.4, 0.5) is 11.4 Å². The molecule has 36 heavy (non-hydrogen) atoms. The van der Waals surface area contributed by atoms with Gasteiger partial charge in [0.1, 0.15) is 11.3 Å². The third kappa shape index (κ3) is 4.88. The van der Waals surface area contributed by atoms with E-state index in [2.05, 4.69) is 46.6 Å². The van der Waals surface area contributed by atoms with Gasteiger partial charge in [-0.3, -0.25) is 19.8 Å². The average molecular weight is 498 g/mol. The normalized spacial score (nSPS) is 16.7. The van der Waals surface area contributed by atoms with Gasteiger partial charge in [0.05, 0.1) is 12.3 Å². The van der Waals surface area contributed by atoms with Crippen LogP contribution >= 0.6 is 12.2 Å². The van der Waals surface area contributed by atoms with E-state index in [1.54, 1.807) is 30.3 Å². The molecule has 0 spiro atoms. The Hall–Kier alpha value is -3.97. The molecule has 0 bridgehead atoms. The van der Waals surface area contributed by atoms with Crippen molar-refractivity contribution >= 4 is 46.6 Å². The van der Waals surface area contributed by atoms with Crippen LogP contribution in [0, 0.1) is 0 Å². The largest absolute Gasteiger partial charge is 0.494 e. The second-order valence-electron chi connectivity index (χ2n) is 8.78. The van der Waals surface area contributed by atoms with Crippen molar-refractivity contribution in [1.29, 1.82) is 0 Å². The highest BCUT2D eigenvalue weighted by molar-refractivity contribution is 7.80. The first-order valence-corrected chi connectivity index (χ1v) is 12.5. The topological polar surface area (TPSA) is 61.9 Å². The molecule has 3 aromatic carbocycles. The molecule has 1 fully saturated rings. The molecule has 1 saturated heterocycles. The first-order chi connectivity index (χ1) is 17.5. The molecule has 0 radical (unpaired) electrons. The molecular formula is C29H27N3O3S. The number of carbonyl (C=O) groups is 2. The predicted molar refractivity (Wildman–Crippen MR) is 146 cm³/mol. The molecule has 6 nitrogen and oxygen atoms in total. The number of anilines is 2. The predicted octanol–water partition coefficient (Wildman–Crippen LogP) is 4.87. The summed E-state index contributed by atoms with van der Waals surface area (Å²) < 4.78 is 5.48. The van der Waals surface area contributed by atoms with E-state index in [1.165, 1.54) is 21.7 Å². The Labute approximate surface area is 216 Å². The Balaban J connectivity index is 1.41. The van der Waals surface area contributed by atoms with Crippen LogP contribution < -0.4 is 19.9 Å². The minimum absolute atomic E-state index is 0.0504. The quantitative estimate of drug-likeness (QED) is 0.299. The van der Waals surface area contributed by atoms with Crippen molar-refractivity contribution in [2.75, 3.05) is 23.0 Å². The molecule has 3 aromatic rings. The molecule has 0 aromatic heterocycles. The third-order valence-electron chi connectivity index (χ3n) is 6.35. The molecule has 0 saturated carbocycles. The molecule has 0 unspecified atom stereocenters. The van der Waals surface area contributed by atoms with Crippen LogP contribution in [0.5, 0.6) is 5.75 Å². The summed E-state index contributed by atoms with van der Waals surface area (Å²) in [6.07, 6.45) is 3.66. The summed E-state index contributed by atoms with van der Waals surface area (Å²) in [6, 6.07) is 23.6. The van der Waals surface area contributed by atoms with E-state index in [1.807, 2.05) is 19.1 Å². The smallest absolute Gasteiger partial charge is 0.270 e. The summed E-state index contributed by atoms with van der Waals surface area (Å²) in [4.78, 5) is 29.8. The Bertz CT molecular complexity index is 1340. The van der Waals surface area contributed by atoms with Gasteiger partial charge in [-0.15, -0.1) is 0 Å². The number of ether oxygens (including phenoxy) is 1. The fourth-order valence-corrected chi connectivity index (χ4v) is 4.95. The molecule has 2 aliphatic rings. The van der Waals surface area contributed by atoms with E-state index in [0.29, 0.717) is 18.0 Å². The van der Waals surface area contributed by atoms with Crippen LogP contribution in [0.3, 0.4) is 0 Å². The molecule has 1 N–H and O–H groups in total. The van der Waals surface area contributed by atoms with Crippen molar-refractivity contribution in [2.24, 2.45) is 0 Å². The maximum atomic E-state index is 13.4. The Morgan fingerprint density at radius 3 is 2.56 bits per heavy atom. The van der Waals surface area contributed by atoms with Crippen molar-refractivity contribution in [3.05, 3.63) is 95.1 Å². The number of nitrogens with zero attached hydrogens (tertiary/aromatic N) is 2. The van der Waals surface area contributed by atoms with Gasteiger partial charge < -0.3 is 9.64 Å². The van der Waals surface area contributed by atoms with Crippen molar-refractivity contribution in [3.8, 4) is 5.75 Å². The molecule has 0 atom stereocenters. The zero-order valence-electron chi connectivity index (χ0n) is 20.1. The molecular weight excluding hydrogens is 470 g/mol. The minimum atomic E-state index is -0.490. The number of carbonyl (C=O) groups excluding carboxylic acids is 2. The first-order valence-electron chi connectivity index (χ1n) is 12.1. The lowest BCUT2D eigenvalue weighted by Crippen LogP contribution is -2.54. The van der Waals surface area contributed by atoms with Gasteiger partial charge in [0.15, 0.2) is 5.11 Å². The lowest BCUT2D eigenvalue weighted by molar-refractivity contribution is -0.122. The van der Waals surface area contributed by atoms with Crippen molar-refractivity contribution in [1.82, 2.24) is 5.32 Å². The Morgan fingerprint density at radius 2 is 1.81 bits per heavy atom. The lowest BCUT2D eigenvalue weighted by Gasteiger charge is -2.32. The standard InChI is InChI=1S/C29H27N3O3S/c1-2-35-24-13-11-23(12-14-24)32-28(34)25(27(33)30-29(32)36)18-21-10-15-26-22(17-21)9-6-16-31(26)19-20-7-4-3-5-8-20/h3-5,7-8,10-15,17-18H,2,6,9,16,19H2,1H3,(H,30,33,36)/b25-18+. The highest BCUT2D eigenvalue weighted by Gasteiger charge is 2.34. The maximum absolute atomic E-state index is 13.4. The Kier molecular flexibility index (Phi) is 6.82. The van der Waals surface area contributed by atoms with Crippen LogP contribution in [0.2, 0.25) is 0 Å². The second kappa shape index (κ2) is 10.3. The van der Waals surface area contributed by atoms with Crippen LogP contribution in [0.15, 0.2) is 78.4 Å². The fourth-order valence-electron chi connectivity index (χ4n) is 4.67. The SMILES string of the molecule is CCOc1ccc(N2C(=O)/C(=C/c3ccc4c(c3)CCCN4Cc3ccccc3)C(=O)NC2=S)cc1. The average Bonchev–Trinajstić information content (AvgIpc) is 2.88. The van der Waals surface area contributed by atoms with E-state index < -0.39 is 11.8 Å². The van der Waals surface area contributed by atoms with Crippen LogP contribution in [-0.2, 0) is 22.6 Å². The van der Waals surface area contributed by atoms with Gasteiger partial charge in [0.2, 0.25) is 0 Å². The monoisotopic (exact) mass is 497 g/mol. The fraction of sp³-hybridized carbons (Fsp3) is 0.207. The zero-order valence-corrected chi connectivity index (χ0v) is 20.9. The van der Waals surface area contributed by atoms with E-state index in [0.717, 1.165) is 31.5 Å². The minimum Gasteiger partial charge on any atom is -0.494 e. The maximum Gasteiger partial charge on any atom is 0.270 e. The summed E-state index contributed by atoms with van der Waals surface area (Å²) in [5, 5.41) is 2.72. The zero-order chi connectivity index (χ0) is 25.1. The summed E-state index contributed by atoms with van der Waals surface area (Å²) >= 11 is 5.32. The van der Waals surface area contributed by atoms with Crippen LogP contribution in [0.25, 0.3) is 6.08 Å². The summed E-state index contributed by atoms with van der Waals surface area (Å²) in [5.74, 6) is -0.237. The molecule has 182 valence electrons. The number of aryl methyl sites for hydroxylation is 1. The van der Waals surface area contributed by atoms with Gasteiger partial charge in [-0.2, -0.15) is 0 Å². The van der Waals surface area contributed by atoms with Crippen LogP contribution in [-0.4, -0.2) is 30.1 Å². The molecule has 2 amide bonds. The molecule has 2 aliphatic heterocycles. The number of thiocarbonyl (C=S) groups is 1. The van der Waals surface area contributed by atoms with E-state index in [4.69, 9.17) is 17.0 Å². The van der Waals surface area contributed by atoms with Crippen molar-refractivity contribution < 1.29 is 14.3 Å². The lowest BCUT2D eigenvalue weighted by atomic mass is 9.97. The van der Waals surface area contributed by atoms with Crippen molar-refractivity contribution in [2.45, 2.75) is 26.3 Å². The van der Waals surface area contributed by atoms with E-state index >= 15 is 0 Å². The van der Waals surface area contributed by atoms with Crippen molar-refractivity contribution in [3.63, 3.8) is 0 Å². The number of hydrogen-bond donors (Lipinski definition) is 1. The second-order valence-corrected chi connectivity index (χ2v) is 9.17. The molecule has 0 aliphatic carbocycles. The highest BCUT2D eigenvalue weighted by Crippen LogP contribution is 2.31. The summed E-state index contributed by atoms with van der Waals surface area (Å²) in [6.45, 7) is 4.31. The molecule has 2 heterocycles. The van der Waals surface area contributed by atoms with Gasteiger partial charge in [0, 0.05) is 18.8 Å². The summed E-state index contributed by atoms with van der Waals surface area (Å²) in [7, 11) is 0. The van der Waals surface area contributed by atoms with E-state index in [9.17, 15) is 9.59 Å². The molecule has 7 heteroatoms. The number of fused-ring (bicyclic) bond motifs is 1. The number of nitrogens with one attached hydrogen (secondary N) is 1. The highest BCUT2D eigenvalue weighted by atomic mass is 32.1. The number of rotatable bonds is 6. The van der Waals surface area contributed by atoms with Gasteiger partial charge in [-0.05, 0) is 91.1 Å². The van der Waals surface area contributed by atoms with Gasteiger partial charge >= 0.3 is 0 Å². The number of amides is 2. The third-order valence-corrected chi connectivity index (χ3v) is 6.64. The van der Waals surface area contributed by atoms with Gasteiger partial charge in [-0.1, -0.05) is 36.4 Å². The number of benzene rings is 3. The van der Waals surface area contributed by atoms with Gasteiger partial charge in [-0.25, -0.2) is 0 Å². The first kappa shape index (κ1) is 23.8. The summed E-state index contributed by atoms with van der Waals surface area (Å²) in [5.41, 5.74) is 5.12. The van der Waals surface area contributed by atoms with E-state index in [-0.39, 0.29) is 10.7 Å².